The van der Waals surface area contributed by atoms with E-state index in [-0.39, 0.29) is 0 Å². The van der Waals surface area contributed by atoms with Gasteiger partial charge in [-0.2, -0.15) is 0 Å². The number of anilines is 1. The molecule has 1 aromatic rings. The second-order valence-electron chi connectivity index (χ2n) is 5.16. The van der Waals surface area contributed by atoms with Crippen LogP contribution in [0.2, 0.25) is 5.02 Å². The first kappa shape index (κ1) is 14.9. The fourth-order valence-corrected chi connectivity index (χ4v) is 2.62. The lowest BCUT2D eigenvalue weighted by molar-refractivity contribution is -0.136. The molecule has 1 aliphatic rings. The van der Waals surface area contributed by atoms with E-state index in [1.807, 2.05) is 0 Å². The van der Waals surface area contributed by atoms with Gasteiger partial charge in [0.15, 0.2) is 0 Å². The monoisotopic (exact) mass is 294 g/mol. The van der Waals surface area contributed by atoms with Crippen LogP contribution in [0.4, 0.5) is 5.69 Å². The maximum absolute atomic E-state index is 11.7. The first-order valence-corrected chi connectivity index (χ1v) is 7.37. The van der Waals surface area contributed by atoms with Crippen LogP contribution in [0, 0.1) is 5.92 Å². The van der Waals surface area contributed by atoms with Gasteiger partial charge in [-0.25, -0.2) is 0 Å². The summed E-state index contributed by atoms with van der Waals surface area (Å²) in [6.07, 6.45) is 6.02. The summed E-state index contributed by atoms with van der Waals surface area (Å²) >= 11 is 5.75. The summed E-state index contributed by atoms with van der Waals surface area (Å²) in [6, 6.07) is 6.64. The molecule has 5 heteroatoms. The van der Waals surface area contributed by atoms with Crippen LogP contribution in [0.25, 0.3) is 0 Å². The standard InChI is InChI=1S/C15H19ClN2O2/c16-12-5-7-13(8-6-12)18-15(20)14(19)17-10-9-11-3-1-2-4-11/h5-8,11H,1-4,9-10H2,(H,17,19)(H,18,20). The molecule has 0 aliphatic heterocycles. The number of carbonyl (C=O) groups excluding carboxylic acids is 2. The topological polar surface area (TPSA) is 58.2 Å². The quantitative estimate of drug-likeness (QED) is 0.839. The summed E-state index contributed by atoms with van der Waals surface area (Å²) < 4.78 is 0. The van der Waals surface area contributed by atoms with E-state index in [1.54, 1.807) is 24.3 Å². The van der Waals surface area contributed by atoms with Crippen molar-refractivity contribution in [1.29, 1.82) is 0 Å². The molecule has 4 nitrogen and oxygen atoms in total. The minimum absolute atomic E-state index is 0.561. The van der Waals surface area contributed by atoms with E-state index in [2.05, 4.69) is 10.6 Å². The molecule has 20 heavy (non-hydrogen) atoms. The lowest BCUT2D eigenvalue weighted by atomic mass is 10.0. The van der Waals surface area contributed by atoms with Crippen LogP contribution in [0.15, 0.2) is 24.3 Å². The van der Waals surface area contributed by atoms with E-state index in [0.717, 1.165) is 6.42 Å². The van der Waals surface area contributed by atoms with Gasteiger partial charge in [-0.3, -0.25) is 9.59 Å². The minimum atomic E-state index is -0.640. The Kier molecular flexibility index (Phi) is 5.41. The van der Waals surface area contributed by atoms with Gasteiger partial charge >= 0.3 is 11.8 Å². The van der Waals surface area contributed by atoms with E-state index in [0.29, 0.717) is 23.2 Å². The molecule has 2 rings (SSSR count). The van der Waals surface area contributed by atoms with Gasteiger partial charge in [0.25, 0.3) is 0 Å². The minimum Gasteiger partial charge on any atom is -0.348 e. The van der Waals surface area contributed by atoms with Crippen LogP contribution in [-0.2, 0) is 9.59 Å². The molecule has 0 unspecified atom stereocenters. The molecule has 2 N–H and O–H groups in total. The number of amides is 2. The average molecular weight is 295 g/mol. The summed E-state index contributed by atoms with van der Waals surface area (Å²) in [5, 5.41) is 5.79. The summed E-state index contributed by atoms with van der Waals surface area (Å²) in [5.74, 6) is -0.522. The van der Waals surface area contributed by atoms with Gasteiger partial charge in [0, 0.05) is 17.3 Å². The van der Waals surface area contributed by atoms with Gasteiger partial charge in [0.05, 0.1) is 0 Å². The lowest BCUT2D eigenvalue weighted by Crippen LogP contribution is -2.36. The predicted octanol–water partition coefficient (Wildman–Crippen LogP) is 2.98. The molecule has 0 aromatic heterocycles. The second kappa shape index (κ2) is 7.29. The van der Waals surface area contributed by atoms with Crippen molar-refractivity contribution in [2.45, 2.75) is 32.1 Å². The zero-order valence-electron chi connectivity index (χ0n) is 11.3. The first-order valence-electron chi connectivity index (χ1n) is 7.00. The van der Waals surface area contributed by atoms with E-state index < -0.39 is 11.8 Å². The molecule has 1 aliphatic carbocycles. The largest absolute Gasteiger partial charge is 0.348 e. The van der Waals surface area contributed by atoms with Crippen LogP contribution in [0.1, 0.15) is 32.1 Å². The Morgan fingerprint density at radius 2 is 1.75 bits per heavy atom. The highest BCUT2D eigenvalue weighted by atomic mass is 35.5. The number of carbonyl (C=O) groups is 2. The summed E-state index contributed by atoms with van der Waals surface area (Å²) in [5.41, 5.74) is 0.561. The molecule has 0 spiro atoms. The normalized spacial score (nSPS) is 15.1. The van der Waals surface area contributed by atoms with Gasteiger partial charge in [-0.15, -0.1) is 0 Å². The fourth-order valence-electron chi connectivity index (χ4n) is 2.49. The van der Waals surface area contributed by atoms with Crippen molar-refractivity contribution in [2.75, 3.05) is 11.9 Å². The fraction of sp³-hybridized carbons (Fsp3) is 0.467. The Labute approximate surface area is 123 Å². The number of hydrogen-bond acceptors (Lipinski definition) is 2. The third-order valence-electron chi connectivity index (χ3n) is 3.62. The van der Waals surface area contributed by atoms with Gasteiger partial charge < -0.3 is 10.6 Å². The summed E-state index contributed by atoms with van der Waals surface area (Å²) in [6.45, 7) is 0.567. The average Bonchev–Trinajstić information content (AvgIpc) is 2.94. The third-order valence-corrected chi connectivity index (χ3v) is 3.87. The third kappa shape index (κ3) is 4.53. The Morgan fingerprint density at radius 3 is 2.40 bits per heavy atom. The molecule has 108 valence electrons. The summed E-state index contributed by atoms with van der Waals surface area (Å²) in [4.78, 5) is 23.3. The molecule has 0 radical (unpaired) electrons. The van der Waals surface area contributed by atoms with Gasteiger partial charge in [0.2, 0.25) is 0 Å². The number of halogens is 1. The molecule has 0 bridgehead atoms. The zero-order valence-corrected chi connectivity index (χ0v) is 12.1. The predicted molar refractivity (Wildman–Crippen MR) is 79.7 cm³/mol. The number of hydrogen-bond donors (Lipinski definition) is 2. The Bertz CT molecular complexity index is 467. The van der Waals surface area contributed by atoms with E-state index >= 15 is 0 Å². The van der Waals surface area contributed by atoms with Crippen LogP contribution < -0.4 is 10.6 Å². The molecule has 2 amide bonds. The highest BCUT2D eigenvalue weighted by molar-refractivity contribution is 6.39. The molecular weight excluding hydrogens is 276 g/mol. The SMILES string of the molecule is O=C(NCCC1CCCC1)C(=O)Nc1ccc(Cl)cc1. The van der Waals surface area contributed by atoms with E-state index in [4.69, 9.17) is 11.6 Å². The molecule has 0 saturated heterocycles. The smallest absolute Gasteiger partial charge is 0.313 e. The maximum Gasteiger partial charge on any atom is 0.313 e. The summed E-state index contributed by atoms with van der Waals surface area (Å²) in [7, 11) is 0. The van der Waals surface area contributed by atoms with Gasteiger partial charge in [-0.05, 0) is 36.6 Å². The van der Waals surface area contributed by atoms with Crippen molar-refractivity contribution in [3.05, 3.63) is 29.3 Å². The molecule has 0 atom stereocenters. The van der Waals surface area contributed by atoms with Crippen LogP contribution in [0.3, 0.4) is 0 Å². The first-order chi connectivity index (χ1) is 9.65. The maximum atomic E-state index is 11.7. The van der Waals surface area contributed by atoms with Gasteiger partial charge in [0.1, 0.15) is 0 Å². The molecular formula is C15H19ClN2O2. The molecule has 1 saturated carbocycles. The van der Waals surface area contributed by atoms with Crippen LogP contribution in [0.5, 0.6) is 0 Å². The van der Waals surface area contributed by atoms with E-state index in [1.165, 1.54) is 25.7 Å². The van der Waals surface area contributed by atoms with Crippen molar-refractivity contribution in [1.82, 2.24) is 5.32 Å². The highest BCUT2D eigenvalue weighted by Crippen LogP contribution is 2.26. The van der Waals surface area contributed by atoms with Crippen LogP contribution >= 0.6 is 11.6 Å². The van der Waals surface area contributed by atoms with Crippen molar-refractivity contribution in [3.8, 4) is 0 Å². The van der Waals surface area contributed by atoms with Crippen molar-refractivity contribution in [3.63, 3.8) is 0 Å². The van der Waals surface area contributed by atoms with Crippen molar-refractivity contribution >= 4 is 29.1 Å². The van der Waals surface area contributed by atoms with Gasteiger partial charge in [-0.1, -0.05) is 37.3 Å². The number of benzene rings is 1. The Hall–Kier alpha value is -1.55. The van der Waals surface area contributed by atoms with E-state index in [9.17, 15) is 9.59 Å². The highest BCUT2D eigenvalue weighted by Gasteiger charge is 2.17. The zero-order chi connectivity index (χ0) is 14.4. The second-order valence-corrected chi connectivity index (χ2v) is 5.59. The lowest BCUT2D eigenvalue weighted by Gasteiger charge is -2.10. The molecule has 1 aromatic carbocycles. The number of nitrogens with one attached hydrogen (secondary N) is 2. The number of rotatable bonds is 4. The molecule has 0 heterocycles. The molecule has 1 fully saturated rings. The Morgan fingerprint density at radius 1 is 1.10 bits per heavy atom. The Balaban J connectivity index is 1.71. The van der Waals surface area contributed by atoms with Crippen molar-refractivity contribution < 1.29 is 9.59 Å². The van der Waals surface area contributed by atoms with Crippen molar-refractivity contribution in [2.24, 2.45) is 5.92 Å². The van der Waals surface area contributed by atoms with Crippen LogP contribution in [-0.4, -0.2) is 18.4 Å².